The molecule has 1 rings (SSSR count). The topological polar surface area (TPSA) is 128 Å². The maximum Gasteiger partial charge on any atom is 0.326 e. The molecule has 0 aliphatic carbocycles. The summed E-state index contributed by atoms with van der Waals surface area (Å²) in [6.07, 6.45) is -0.231. The maximum absolute atomic E-state index is 12.7. The molecule has 0 aliphatic rings. The fourth-order valence-electron chi connectivity index (χ4n) is 2.46. The molecule has 1 aromatic rings. The van der Waals surface area contributed by atoms with E-state index >= 15 is 0 Å². The Bertz CT molecular complexity index is 779. The van der Waals surface area contributed by atoms with E-state index in [1.54, 1.807) is 20.8 Å². The van der Waals surface area contributed by atoms with Crippen LogP contribution in [0.4, 0.5) is 0 Å². The predicted octanol–water partition coefficient (Wildman–Crippen LogP) is 1.89. The van der Waals surface area contributed by atoms with Crippen molar-refractivity contribution < 1.29 is 37.3 Å². The maximum atomic E-state index is 12.7. The molecule has 1 aromatic carbocycles. The van der Waals surface area contributed by atoms with Crippen LogP contribution in [0.1, 0.15) is 44.5 Å². The van der Waals surface area contributed by atoms with Crippen LogP contribution in [0, 0.1) is 0 Å². The summed E-state index contributed by atoms with van der Waals surface area (Å²) >= 11 is 0. The zero-order chi connectivity index (χ0) is 22.0. The number of hydrogen-bond acceptors (Lipinski definition) is 7. The van der Waals surface area contributed by atoms with Gasteiger partial charge in [0.2, 0.25) is 5.75 Å². The minimum Gasteiger partial charge on any atom is -0.490 e. The van der Waals surface area contributed by atoms with Gasteiger partial charge >= 0.3 is 5.97 Å². The summed E-state index contributed by atoms with van der Waals surface area (Å²) < 4.78 is 40.0. The van der Waals surface area contributed by atoms with Crippen LogP contribution in [0.25, 0.3) is 0 Å². The fourth-order valence-corrected chi connectivity index (χ4v) is 3.34. The van der Waals surface area contributed by atoms with E-state index in [4.69, 9.17) is 14.2 Å². The van der Waals surface area contributed by atoms with Gasteiger partial charge in [-0.1, -0.05) is 6.92 Å². The second-order valence-electron chi connectivity index (χ2n) is 5.99. The lowest BCUT2D eigenvalue weighted by atomic mass is 10.1. The van der Waals surface area contributed by atoms with E-state index in [9.17, 15) is 23.1 Å². The minimum absolute atomic E-state index is 0.0956. The Morgan fingerprint density at radius 2 is 1.52 bits per heavy atom. The number of sulfone groups is 1. The lowest BCUT2D eigenvalue weighted by Crippen LogP contribution is -2.42. The molecule has 0 radical (unpaired) electrons. The van der Waals surface area contributed by atoms with E-state index in [0.717, 1.165) is 0 Å². The summed E-state index contributed by atoms with van der Waals surface area (Å²) in [6, 6.07) is 1.53. The lowest BCUT2D eigenvalue weighted by molar-refractivity contribution is -0.139. The number of rotatable bonds is 13. The number of hydrogen-bond donors (Lipinski definition) is 2. The Balaban J connectivity index is 3.16. The monoisotopic (exact) mass is 431 g/mol. The molecule has 0 spiro atoms. The van der Waals surface area contributed by atoms with Crippen LogP contribution >= 0.6 is 0 Å². The van der Waals surface area contributed by atoms with Gasteiger partial charge in [-0.25, -0.2) is 13.2 Å². The van der Waals surface area contributed by atoms with Crippen molar-refractivity contribution in [2.45, 2.75) is 40.2 Å². The van der Waals surface area contributed by atoms with Gasteiger partial charge in [-0.2, -0.15) is 0 Å². The van der Waals surface area contributed by atoms with Gasteiger partial charge in [0.1, 0.15) is 15.9 Å². The quantitative estimate of drug-likeness (QED) is 0.485. The smallest absolute Gasteiger partial charge is 0.326 e. The third-order valence-corrected chi connectivity index (χ3v) is 5.67. The zero-order valence-corrected chi connectivity index (χ0v) is 18.0. The van der Waals surface area contributed by atoms with Crippen LogP contribution in [-0.4, -0.2) is 62.8 Å². The van der Waals surface area contributed by atoms with E-state index in [1.807, 2.05) is 0 Å². The van der Waals surface area contributed by atoms with Crippen molar-refractivity contribution in [2.24, 2.45) is 0 Å². The van der Waals surface area contributed by atoms with Gasteiger partial charge in [0.05, 0.1) is 25.6 Å². The van der Waals surface area contributed by atoms with Crippen LogP contribution in [-0.2, 0) is 14.6 Å². The van der Waals surface area contributed by atoms with E-state index in [2.05, 4.69) is 5.32 Å². The molecule has 0 aliphatic heterocycles. The van der Waals surface area contributed by atoms with Crippen LogP contribution in [0.5, 0.6) is 17.2 Å². The van der Waals surface area contributed by atoms with Crippen molar-refractivity contribution >= 4 is 21.7 Å². The molecule has 1 unspecified atom stereocenters. The third kappa shape index (κ3) is 7.45. The molecular formula is C19H29NO8S. The molecule has 164 valence electrons. The van der Waals surface area contributed by atoms with Gasteiger partial charge in [-0.15, -0.1) is 0 Å². The Hall–Kier alpha value is -2.49. The molecule has 29 heavy (non-hydrogen) atoms. The molecule has 2 N–H and O–H groups in total. The Labute approximate surface area is 171 Å². The predicted molar refractivity (Wildman–Crippen MR) is 108 cm³/mol. The highest BCUT2D eigenvalue weighted by Gasteiger charge is 2.25. The number of aliphatic carboxylic acids is 1. The first-order chi connectivity index (χ1) is 13.7. The van der Waals surface area contributed by atoms with Crippen LogP contribution in [0.2, 0.25) is 0 Å². The van der Waals surface area contributed by atoms with Gasteiger partial charge < -0.3 is 24.6 Å². The molecule has 0 aromatic heterocycles. The van der Waals surface area contributed by atoms with Gasteiger partial charge in [-0.05, 0) is 39.3 Å². The number of benzene rings is 1. The standard InChI is InChI=1S/C19H29NO8S/c1-5-26-15-11-13(12-16(27-6-2)17(15)28-7-3)18(21)20-14(19(22)23)9-10-29(24,25)8-4/h11-12,14H,5-10H2,1-4H3,(H,20,21)(H,22,23). The van der Waals surface area contributed by atoms with Crippen molar-refractivity contribution in [2.75, 3.05) is 31.3 Å². The summed E-state index contributed by atoms with van der Waals surface area (Å²) in [5, 5.41) is 11.7. The highest BCUT2D eigenvalue weighted by Crippen LogP contribution is 2.39. The second kappa shape index (κ2) is 11.5. The summed E-state index contributed by atoms with van der Waals surface area (Å²) in [5.74, 6) is -1.48. The minimum atomic E-state index is -3.36. The van der Waals surface area contributed by atoms with Gasteiger partial charge in [-0.3, -0.25) is 4.79 Å². The molecule has 0 heterocycles. The number of carbonyl (C=O) groups excluding carboxylic acids is 1. The molecule has 1 amide bonds. The molecule has 9 nitrogen and oxygen atoms in total. The Kier molecular flexibility index (Phi) is 9.73. The average molecular weight is 432 g/mol. The lowest BCUT2D eigenvalue weighted by Gasteiger charge is -2.18. The van der Waals surface area contributed by atoms with Gasteiger partial charge in [0, 0.05) is 11.3 Å². The first kappa shape index (κ1) is 24.5. The largest absolute Gasteiger partial charge is 0.490 e. The van der Waals surface area contributed by atoms with E-state index in [1.165, 1.54) is 19.1 Å². The Morgan fingerprint density at radius 3 is 1.93 bits per heavy atom. The summed E-state index contributed by atoms with van der Waals surface area (Å²) in [6.45, 7) is 7.84. The number of nitrogens with one attached hydrogen (secondary N) is 1. The van der Waals surface area contributed by atoms with Crippen molar-refractivity contribution in [1.29, 1.82) is 0 Å². The van der Waals surface area contributed by atoms with Gasteiger partial charge in [0.25, 0.3) is 5.91 Å². The highest BCUT2D eigenvalue weighted by atomic mass is 32.2. The summed E-state index contributed by atoms with van der Waals surface area (Å²) in [5.41, 5.74) is 0.116. The van der Waals surface area contributed by atoms with E-state index in [-0.39, 0.29) is 23.5 Å². The molecule has 10 heteroatoms. The fraction of sp³-hybridized carbons (Fsp3) is 0.579. The average Bonchev–Trinajstić information content (AvgIpc) is 2.67. The third-order valence-electron chi connectivity index (χ3n) is 3.93. The molecule has 0 saturated carbocycles. The van der Waals surface area contributed by atoms with E-state index < -0.39 is 27.8 Å². The molecular weight excluding hydrogens is 402 g/mol. The molecule has 1 atom stereocenters. The number of amides is 1. The van der Waals surface area contributed by atoms with E-state index in [0.29, 0.717) is 37.1 Å². The van der Waals surface area contributed by atoms with Crippen LogP contribution < -0.4 is 19.5 Å². The first-order valence-electron chi connectivity index (χ1n) is 9.49. The summed E-state index contributed by atoms with van der Waals surface area (Å²) in [4.78, 5) is 24.1. The van der Waals surface area contributed by atoms with Crippen molar-refractivity contribution in [3.63, 3.8) is 0 Å². The number of ether oxygens (including phenoxy) is 3. The number of carboxylic acid groups (broad SMARTS) is 1. The van der Waals surface area contributed by atoms with Gasteiger partial charge in [0.15, 0.2) is 11.5 Å². The van der Waals surface area contributed by atoms with Crippen molar-refractivity contribution in [1.82, 2.24) is 5.32 Å². The molecule has 0 saturated heterocycles. The zero-order valence-electron chi connectivity index (χ0n) is 17.2. The van der Waals surface area contributed by atoms with Crippen LogP contribution in [0.15, 0.2) is 12.1 Å². The highest BCUT2D eigenvalue weighted by molar-refractivity contribution is 7.91. The normalized spacial score (nSPS) is 12.1. The number of carbonyl (C=O) groups is 2. The molecule has 0 fully saturated rings. The van der Waals surface area contributed by atoms with Crippen LogP contribution in [0.3, 0.4) is 0 Å². The second-order valence-corrected chi connectivity index (χ2v) is 8.46. The summed E-state index contributed by atoms with van der Waals surface area (Å²) in [7, 11) is -3.36. The van der Waals surface area contributed by atoms with Crippen molar-refractivity contribution in [3.8, 4) is 17.2 Å². The SMILES string of the molecule is CCOc1cc(C(=O)NC(CCS(=O)(=O)CC)C(=O)O)cc(OCC)c1OCC. The van der Waals surface area contributed by atoms with Crippen molar-refractivity contribution in [3.05, 3.63) is 17.7 Å². The first-order valence-corrected chi connectivity index (χ1v) is 11.3. The number of carboxylic acids is 1. The molecule has 0 bridgehead atoms. The Morgan fingerprint density at radius 1 is 1.00 bits per heavy atom.